The van der Waals surface area contributed by atoms with Gasteiger partial charge in [0.15, 0.2) is 11.7 Å². The maximum atomic E-state index is 13.0. The van der Waals surface area contributed by atoms with Crippen LogP contribution in [0.25, 0.3) is 11.3 Å². The molecule has 0 aliphatic carbocycles. The molecule has 0 unspecified atom stereocenters. The van der Waals surface area contributed by atoms with Gasteiger partial charge in [-0.15, -0.1) is 0 Å². The van der Waals surface area contributed by atoms with Crippen LogP contribution in [0.4, 0.5) is 10.1 Å². The van der Waals surface area contributed by atoms with E-state index in [2.05, 4.69) is 15.8 Å². The van der Waals surface area contributed by atoms with Gasteiger partial charge in [-0.2, -0.15) is 0 Å². The third-order valence-electron chi connectivity index (χ3n) is 3.90. The topological polar surface area (TPSA) is 127 Å². The number of amides is 2. The van der Waals surface area contributed by atoms with Crippen molar-refractivity contribution >= 4 is 17.5 Å². The average Bonchev–Trinajstić information content (AvgIpc) is 3.20. The van der Waals surface area contributed by atoms with Gasteiger partial charge in [-0.05, 0) is 36.4 Å². The van der Waals surface area contributed by atoms with Crippen LogP contribution in [0.1, 0.15) is 22.7 Å². The predicted octanol–water partition coefficient (Wildman–Crippen LogP) is 2.78. The van der Waals surface area contributed by atoms with Crippen LogP contribution in [0.2, 0.25) is 0 Å². The molecule has 0 radical (unpaired) electrons. The van der Waals surface area contributed by atoms with E-state index in [4.69, 9.17) is 4.42 Å². The highest BCUT2D eigenvalue weighted by Gasteiger charge is 2.12. The van der Waals surface area contributed by atoms with Crippen molar-refractivity contribution in [3.05, 3.63) is 82.1 Å². The first-order valence-electron chi connectivity index (χ1n) is 8.46. The van der Waals surface area contributed by atoms with Crippen molar-refractivity contribution in [1.29, 1.82) is 0 Å². The van der Waals surface area contributed by atoms with Crippen molar-refractivity contribution in [2.24, 2.45) is 0 Å². The molecule has 0 fully saturated rings. The van der Waals surface area contributed by atoms with Gasteiger partial charge in [0.25, 0.3) is 11.6 Å². The molecule has 0 bridgehead atoms. The number of oxazole rings is 1. The van der Waals surface area contributed by atoms with Crippen molar-refractivity contribution < 1.29 is 23.3 Å². The zero-order valence-corrected chi connectivity index (χ0v) is 14.9. The zero-order chi connectivity index (χ0) is 20.8. The Morgan fingerprint density at radius 1 is 1.07 bits per heavy atom. The van der Waals surface area contributed by atoms with Gasteiger partial charge < -0.3 is 4.42 Å². The molecule has 0 spiro atoms. The van der Waals surface area contributed by atoms with Crippen LogP contribution in [0, 0.1) is 15.9 Å². The number of non-ortho nitro benzene ring substituents is 1. The zero-order valence-electron chi connectivity index (χ0n) is 14.9. The number of nitro groups is 1. The van der Waals surface area contributed by atoms with Crippen LogP contribution in [0.5, 0.6) is 0 Å². The van der Waals surface area contributed by atoms with Gasteiger partial charge in [0.2, 0.25) is 5.91 Å². The third-order valence-corrected chi connectivity index (χ3v) is 3.90. The lowest BCUT2D eigenvalue weighted by molar-refractivity contribution is -0.384. The molecule has 3 aromatic rings. The van der Waals surface area contributed by atoms with E-state index in [-0.39, 0.29) is 29.9 Å². The summed E-state index contributed by atoms with van der Waals surface area (Å²) in [4.78, 5) is 37.9. The number of rotatable bonds is 6. The number of carbonyl (C=O) groups is 2. The molecule has 1 heterocycles. The van der Waals surface area contributed by atoms with E-state index in [1.807, 2.05) is 0 Å². The Bertz CT molecular complexity index is 1030. The van der Waals surface area contributed by atoms with Crippen LogP contribution >= 0.6 is 0 Å². The van der Waals surface area contributed by atoms with Gasteiger partial charge in [-0.3, -0.25) is 30.6 Å². The second-order valence-electron chi connectivity index (χ2n) is 5.93. The molecule has 0 atom stereocenters. The number of nitrogens with one attached hydrogen (secondary N) is 2. The van der Waals surface area contributed by atoms with E-state index in [0.29, 0.717) is 17.2 Å². The summed E-state index contributed by atoms with van der Waals surface area (Å²) >= 11 is 0. The maximum Gasteiger partial charge on any atom is 0.269 e. The van der Waals surface area contributed by atoms with Crippen molar-refractivity contribution in [2.45, 2.75) is 12.8 Å². The van der Waals surface area contributed by atoms with Crippen molar-refractivity contribution in [1.82, 2.24) is 15.8 Å². The van der Waals surface area contributed by atoms with Crippen LogP contribution < -0.4 is 10.9 Å². The molecule has 9 nitrogen and oxygen atoms in total. The summed E-state index contributed by atoms with van der Waals surface area (Å²) < 4.78 is 18.5. The molecule has 3 rings (SSSR count). The highest BCUT2D eigenvalue weighted by Crippen LogP contribution is 2.21. The minimum atomic E-state index is -0.608. The number of carbonyl (C=O) groups excluding carboxylic acids is 2. The number of hydrogen-bond acceptors (Lipinski definition) is 6. The largest absolute Gasteiger partial charge is 0.441 e. The second-order valence-corrected chi connectivity index (χ2v) is 5.93. The Hall–Kier alpha value is -4.08. The van der Waals surface area contributed by atoms with Gasteiger partial charge in [-0.1, -0.05) is 0 Å². The number of hydrogen-bond donors (Lipinski definition) is 2. The van der Waals surface area contributed by atoms with E-state index in [9.17, 15) is 24.1 Å². The Morgan fingerprint density at radius 3 is 2.41 bits per heavy atom. The van der Waals surface area contributed by atoms with Crippen molar-refractivity contribution in [3.8, 4) is 11.3 Å². The predicted molar refractivity (Wildman–Crippen MR) is 98.9 cm³/mol. The van der Waals surface area contributed by atoms with Crippen molar-refractivity contribution in [3.63, 3.8) is 0 Å². The lowest BCUT2D eigenvalue weighted by Gasteiger charge is -2.06. The number of nitro benzene ring substituents is 1. The van der Waals surface area contributed by atoms with Crippen LogP contribution in [0.3, 0.4) is 0 Å². The van der Waals surface area contributed by atoms with Gasteiger partial charge in [0.05, 0.1) is 11.1 Å². The fourth-order valence-electron chi connectivity index (χ4n) is 2.39. The lowest BCUT2D eigenvalue weighted by Crippen LogP contribution is -2.41. The van der Waals surface area contributed by atoms with Crippen LogP contribution in [-0.4, -0.2) is 21.7 Å². The third kappa shape index (κ3) is 5.22. The number of nitrogens with zero attached hydrogens (tertiary/aromatic N) is 2. The number of aromatic nitrogens is 1. The Morgan fingerprint density at radius 2 is 1.76 bits per heavy atom. The molecule has 2 N–H and O–H groups in total. The number of benzene rings is 2. The molecule has 148 valence electrons. The van der Waals surface area contributed by atoms with Gasteiger partial charge >= 0.3 is 0 Å². The number of halogens is 1. The summed E-state index contributed by atoms with van der Waals surface area (Å²) in [5.74, 6) is -0.668. The van der Waals surface area contributed by atoms with Crippen molar-refractivity contribution in [2.75, 3.05) is 0 Å². The van der Waals surface area contributed by atoms with Gasteiger partial charge in [0.1, 0.15) is 5.82 Å². The normalized spacial score (nSPS) is 10.4. The molecule has 0 aliphatic heterocycles. The maximum absolute atomic E-state index is 13.0. The summed E-state index contributed by atoms with van der Waals surface area (Å²) in [5, 5.41) is 10.6. The standard InChI is InChI=1S/C19H15FN4O5/c20-14-5-1-12(2-6-14)16-11-21-18(29-16)10-9-17(25)22-23-19(26)13-3-7-15(8-4-13)24(27)28/h1-8,11H,9-10H2,(H,22,25)(H,23,26). The SMILES string of the molecule is O=C(CCc1ncc(-c2ccc(F)cc2)o1)NNC(=O)c1ccc([N+](=O)[O-])cc1. The quantitative estimate of drug-likeness (QED) is 0.485. The molecular weight excluding hydrogens is 383 g/mol. The molecule has 0 saturated heterocycles. The Labute approximate surface area is 163 Å². The second kappa shape index (κ2) is 8.74. The monoisotopic (exact) mass is 398 g/mol. The van der Waals surface area contributed by atoms with E-state index in [1.54, 1.807) is 12.1 Å². The first kappa shape index (κ1) is 19.7. The molecule has 29 heavy (non-hydrogen) atoms. The lowest BCUT2D eigenvalue weighted by atomic mass is 10.2. The van der Waals surface area contributed by atoms with Crippen LogP contribution in [0.15, 0.2) is 59.1 Å². The van der Waals surface area contributed by atoms with E-state index >= 15 is 0 Å². The summed E-state index contributed by atoms with van der Waals surface area (Å²) in [6.45, 7) is 0. The first-order chi connectivity index (χ1) is 13.9. The molecule has 0 aliphatic rings. The van der Waals surface area contributed by atoms with Gasteiger partial charge in [0, 0.05) is 36.1 Å². The number of hydrazine groups is 1. The van der Waals surface area contributed by atoms with E-state index in [0.717, 1.165) is 0 Å². The minimum absolute atomic E-state index is 0.00388. The number of aryl methyl sites for hydroxylation is 1. The van der Waals surface area contributed by atoms with E-state index < -0.39 is 16.7 Å². The Balaban J connectivity index is 1.47. The molecule has 1 aromatic heterocycles. The molecule has 10 heteroatoms. The molecule has 2 amide bonds. The summed E-state index contributed by atoms with van der Waals surface area (Å²) in [6, 6.07) is 10.7. The van der Waals surface area contributed by atoms with Crippen LogP contribution in [-0.2, 0) is 11.2 Å². The average molecular weight is 398 g/mol. The molecular formula is C19H15FN4O5. The highest BCUT2D eigenvalue weighted by molar-refractivity contribution is 5.95. The Kier molecular flexibility index (Phi) is 5.93. The smallest absolute Gasteiger partial charge is 0.269 e. The summed E-state index contributed by atoms with van der Waals surface area (Å²) in [5.41, 5.74) is 5.15. The highest BCUT2D eigenvalue weighted by atomic mass is 19.1. The van der Waals surface area contributed by atoms with Gasteiger partial charge in [-0.25, -0.2) is 9.37 Å². The molecule has 2 aromatic carbocycles. The first-order valence-corrected chi connectivity index (χ1v) is 8.46. The summed E-state index contributed by atoms with van der Waals surface area (Å²) in [7, 11) is 0. The fraction of sp³-hybridized carbons (Fsp3) is 0.105. The fourth-order valence-corrected chi connectivity index (χ4v) is 2.39. The minimum Gasteiger partial charge on any atom is -0.441 e. The summed E-state index contributed by atoms with van der Waals surface area (Å²) in [6.07, 6.45) is 1.68. The van der Waals surface area contributed by atoms with E-state index in [1.165, 1.54) is 42.6 Å². The molecule has 0 saturated carbocycles.